The van der Waals surface area contributed by atoms with Gasteiger partial charge in [0, 0.05) is 5.54 Å². The number of hydrogen-bond donors (Lipinski definition) is 1. The van der Waals surface area contributed by atoms with Crippen LogP contribution >= 0.6 is 22.6 Å². The second-order valence-corrected chi connectivity index (χ2v) is 8.92. The first-order valence-corrected chi connectivity index (χ1v) is 5.97. The fourth-order valence-corrected chi connectivity index (χ4v) is 2.90. The quantitative estimate of drug-likeness (QED) is 0.472. The van der Waals surface area contributed by atoms with Gasteiger partial charge in [-0.3, -0.25) is 5.32 Å². The second-order valence-electron chi connectivity index (χ2n) is 6.22. The number of nitrogens with one attached hydrogen (secondary N) is 1. The molecule has 0 aliphatic heterocycles. The van der Waals surface area contributed by atoms with Crippen LogP contribution in [0.3, 0.4) is 0 Å². The second kappa shape index (κ2) is 4.05. The van der Waals surface area contributed by atoms with Crippen molar-refractivity contribution in [3.05, 3.63) is 0 Å². The average molecular weight is 297 g/mol. The van der Waals surface area contributed by atoms with E-state index in [2.05, 4.69) is 76.4 Å². The number of halogens is 1. The van der Waals surface area contributed by atoms with Crippen molar-refractivity contribution in [3.8, 4) is 0 Å². The van der Waals surface area contributed by atoms with Gasteiger partial charge in [-0.15, -0.1) is 0 Å². The van der Waals surface area contributed by atoms with Crippen molar-refractivity contribution >= 4 is 22.6 Å². The minimum absolute atomic E-state index is 0.173. The van der Waals surface area contributed by atoms with Gasteiger partial charge in [-0.25, -0.2) is 0 Å². The minimum Gasteiger partial charge on any atom is -0.298 e. The monoisotopic (exact) mass is 297 g/mol. The molecule has 0 aliphatic carbocycles. The van der Waals surface area contributed by atoms with Crippen molar-refractivity contribution in [1.29, 1.82) is 0 Å². The van der Waals surface area contributed by atoms with E-state index < -0.39 is 0 Å². The molecule has 0 saturated heterocycles. The largest absolute Gasteiger partial charge is 0.298 e. The number of rotatable bonds is 3. The van der Waals surface area contributed by atoms with Crippen LogP contribution in [0.5, 0.6) is 0 Å². The summed E-state index contributed by atoms with van der Waals surface area (Å²) >= 11 is 2.44. The predicted octanol–water partition coefficient (Wildman–Crippen LogP) is 3.96. The van der Waals surface area contributed by atoms with Crippen LogP contribution in [0, 0.1) is 5.41 Å². The van der Waals surface area contributed by atoms with E-state index in [1.807, 2.05) is 0 Å². The third-order valence-corrected chi connectivity index (χ3v) is 1.88. The van der Waals surface area contributed by atoms with Gasteiger partial charge >= 0.3 is 0 Å². The molecular formula is C11H24IN. The van der Waals surface area contributed by atoms with Crippen LogP contribution in [-0.2, 0) is 0 Å². The highest BCUT2D eigenvalue weighted by atomic mass is 127. The molecule has 0 fully saturated rings. The zero-order chi connectivity index (χ0) is 10.9. The van der Waals surface area contributed by atoms with Crippen LogP contribution in [0.2, 0.25) is 0 Å². The van der Waals surface area contributed by atoms with Gasteiger partial charge in [-0.1, -0.05) is 43.4 Å². The molecule has 80 valence electrons. The topological polar surface area (TPSA) is 12.0 Å². The van der Waals surface area contributed by atoms with Crippen LogP contribution in [0.4, 0.5) is 0 Å². The molecule has 0 spiro atoms. The summed E-state index contributed by atoms with van der Waals surface area (Å²) in [7, 11) is 0. The predicted molar refractivity (Wildman–Crippen MR) is 69.4 cm³/mol. The summed E-state index contributed by atoms with van der Waals surface area (Å²) in [6, 6.07) is 0. The number of alkyl halides is 1. The molecular weight excluding hydrogens is 273 g/mol. The fourth-order valence-electron chi connectivity index (χ4n) is 2.17. The van der Waals surface area contributed by atoms with Crippen molar-refractivity contribution in [2.24, 2.45) is 5.41 Å². The van der Waals surface area contributed by atoms with E-state index in [9.17, 15) is 0 Å². The molecule has 0 bridgehead atoms. The summed E-state index contributed by atoms with van der Waals surface area (Å²) in [6.45, 7) is 15.8. The van der Waals surface area contributed by atoms with Crippen LogP contribution in [0.25, 0.3) is 0 Å². The normalized spacial score (nSPS) is 14.8. The molecule has 0 aromatic rings. The van der Waals surface area contributed by atoms with Crippen LogP contribution in [0.15, 0.2) is 0 Å². The average Bonchev–Trinajstić information content (AvgIpc) is 1.43. The molecule has 0 amide bonds. The van der Waals surface area contributed by atoms with E-state index in [1.165, 1.54) is 6.42 Å². The molecule has 0 heterocycles. The first-order valence-electron chi connectivity index (χ1n) is 4.90. The molecule has 0 aliphatic rings. The Morgan fingerprint density at radius 3 is 1.54 bits per heavy atom. The van der Waals surface area contributed by atoms with E-state index in [4.69, 9.17) is 0 Å². The first kappa shape index (κ1) is 13.7. The zero-order valence-electron chi connectivity index (χ0n) is 10.1. The highest BCUT2D eigenvalue weighted by Gasteiger charge is 2.29. The Morgan fingerprint density at radius 2 is 1.31 bits per heavy atom. The van der Waals surface area contributed by atoms with E-state index in [1.54, 1.807) is 0 Å². The van der Waals surface area contributed by atoms with Crippen molar-refractivity contribution in [3.63, 3.8) is 0 Å². The maximum absolute atomic E-state index is 3.64. The van der Waals surface area contributed by atoms with Gasteiger partial charge in [-0.05, 0) is 39.5 Å². The fraction of sp³-hybridized carbons (Fsp3) is 1.00. The number of hydrogen-bond acceptors (Lipinski definition) is 1. The molecule has 0 aromatic heterocycles. The summed E-state index contributed by atoms with van der Waals surface area (Å²) < 4.78 is 0.173. The van der Waals surface area contributed by atoms with Gasteiger partial charge < -0.3 is 0 Å². The highest BCUT2D eigenvalue weighted by molar-refractivity contribution is 14.1. The molecule has 0 radical (unpaired) electrons. The van der Waals surface area contributed by atoms with E-state index in [0.29, 0.717) is 5.41 Å². The van der Waals surface area contributed by atoms with Crippen LogP contribution in [-0.4, -0.2) is 9.08 Å². The molecule has 0 rings (SSSR count). The standard InChI is InChI=1S/C11H24IN/c1-9(2,3)8-10(4,5)13-11(6,7)12/h13H,8H2,1-7H3. The Labute approximate surface area is 97.2 Å². The van der Waals surface area contributed by atoms with Crippen molar-refractivity contribution in [1.82, 2.24) is 5.32 Å². The molecule has 1 nitrogen and oxygen atoms in total. The van der Waals surface area contributed by atoms with Crippen molar-refractivity contribution in [2.45, 2.75) is 64.0 Å². The summed E-state index contributed by atoms with van der Waals surface area (Å²) in [5.74, 6) is 0. The van der Waals surface area contributed by atoms with Gasteiger partial charge in [0.25, 0.3) is 0 Å². The Morgan fingerprint density at radius 1 is 0.923 bits per heavy atom. The van der Waals surface area contributed by atoms with Gasteiger partial charge in [0.1, 0.15) is 0 Å². The lowest BCUT2D eigenvalue weighted by molar-refractivity contribution is 0.226. The molecule has 0 aromatic carbocycles. The lowest BCUT2D eigenvalue weighted by Gasteiger charge is -2.38. The smallest absolute Gasteiger partial charge is 0.0652 e. The Bertz CT molecular complexity index is 142. The third-order valence-electron chi connectivity index (χ3n) is 1.61. The molecule has 0 atom stereocenters. The van der Waals surface area contributed by atoms with Crippen molar-refractivity contribution in [2.75, 3.05) is 0 Å². The maximum atomic E-state index is 3.64. The molecule has 1 N–H and O–H groups in total. The van der Waals surface area contributed by atoms with Crippen LogP contribution < -0.4 is 5.32 Å². The first-order chi connectivity index (χ1) is 5.41. The maximum Gasteiger partial charge on any atom is 0.0652 e. The summed E-state index contributed by atoms with van der Waals surface area (Å²) in [5.41, 5.74) is 0.599. The van der Waals surface area contributed by atoms with Gasteiger partial charge in [0.05, 0.1) is 3.55 Å². The molecule has 13 heavy (non-hydrogen) atoms. The van der Waals surface area contributed by atoms with E-state index >= 15 is 0 Å². The van der Waals surface area contributed by atoms with Crippen LogP contribution in [0.1, 0.15) is 54.9 Å². The summed E-state index contributed by atoms with van der Waals surface area (Å²) in [5, 5.41) is 3.64. The lowest BCUT2D eigenvalue weighted by Crippen LogP contribution is -2.50. The Hall–Kier alpha value is 0.690. The zero-order valence-corrected chi connectivity index (χ0v) is 12.2. The summed E-state index contributed by atoms with van der Waals surface area (Å²) in [4.78, 5) is 0. The Kier molecular flexibility index (Phi) is 4.27. The lowest BCUT2D eigenvalue weighted by atomic mass is 9.81. The molecule has 2 heteroatoms. The minimum atomic E-state index is 0.173. The summed E-state index contributed by atoms with van der Waals surface area (Å²) in [6.07, 6.45) is 1.19. The van der Waals surface area contributed by atoms with E-state index in [-0.39, 0.29) is 9.08 Å². The molecule has 0 unspecified atom stereocenters. The third kappa shape index (κ3) is 9.01. The Balaban J connectivity index is 4.25. The highest BCUT2D eigenvalue weighted by Crippen LogP contribution is 2.29. The van der Waals surface area contributed by atoms with E-state index in [0.717, 1.165) is 0 Å². The molecule has 0 saturated carbocycles. The van der Waals surface area contributed by atoms with Gasteiger partial charge in [0.2, 0.25) is 0 Å². The van der Waals surface area contributed by atoms with Gasteiger partial charge in [-0.2, -0.15) is 0 Å². The van der Waals surface area contributed by atoms with Gasteiger partial charge in [0.15, 0.2) is 0 Å². The SMILES string of the molecule is CC(C)(C)CC(C)(C)NC(C)(C)I. The van der Waals surface area contributed by atoms with Crippen molar-refractivity contribution < 1.29 is 0 Å².